The highest BCUT2D eigenvalue weighted by atomic mass is 32.1. The molecule has 0 spiro atoms. The molecule has 86 valence electrons. The topological polar surface area (TPSA) is 51.8 Å². The zero-order chi connectivity index (χ0) is 11.7. The maximum Gasteiger partial charge on any atom is 0.180 e. The number of hydrogen-bond donors (Lipinski definition) is 1. The molecule has 0 saturated carbocycles. The second kappa shape index (κ2) is 4.51. The third-order valence-electron chi connectivity index (χ3n) is 2.18. The van der Waals surface area contributed by atoms with Crippen LogP contribution in [0.3, 0.4) is 0 Å². The predicted molar refractivity (Wildman–Crippen MR) is 70.9 cm³/mol. The molecule has 0 aromatic carbocycles. The average Bonchev–Trinajstić information content (AvgIpc) is 2.72. The van der Waals surface area contributed by atoms with Crippen LogP contribution in [0.15, 0.2) is 5.38 Å². The summed E-state index contributed by atoms with van der Waals surface area (Å²) in [6.07, 6.45) is 1.03. The van der Waals surface area contributed by atoms with Gasteiger partial charge in [-0.05, 0) is 12.8 Å². The second-order valence-electron chi connectivity index (χ2n) is 4.19. The van der Waals surface area contributed by atoms with Gasteiger partial charge in [0, 0.05) is 11.8 Å². The number of thiazole rings is 2. The van der Waals surface area contributed by atoms with E-state index in [0.29, 0.717) is 11.0 Å². The van der Waals surface area contributed by atoms with Gasteiger partial charge in [-0.25, -0.2) is 9.97 Å². The SMILES string of the molecule is Cc1nc(CC(C)C)sc1-c1csc(N)n1. The molecule has 0 aliphatic rings. The van der Waals surface area contributed by atoms with E-state index in [2.05, 4.69) is 23.8 Å². The number of anilines is 1. The lowest BCUT2D eigenvalue weighted by atomic mass is 10.1. The number of aryl methyl sites for hydroxylation is 1. The van der Waals surface area contributed by atoms with Gasteiger partial charge >= 0.3 is 0 Å². The van der Waals surface area contributed by atoms with Crippen LogP contribution in [0.5, 0.6) is 0 Å². The molecule has 0 aliphatic carbocycles. The molecule has 16 heavy (non-hydrogen) atoms. The lowest BCUT2D eigenvalue weighted by molar-refractivity contribution is 0.643. The quantitative estimate of drug-likeness (QED) is 0.912. The van der Waals surface area contributed by atoms with Crippen molar-refractivity contribution in [3.63, 3.8) is 0 Å². The van der Waals surface area contributed by atoms with E-state index in [1.807, 2.05) is 12.3 Å². The Balaban J connectivity index is 2.31. The van der Waals surface area contributed by atoms with Crippen LogP contribution in [0.25, 0.3) is 10.6 Å². The monoisotopic (exact) mass is 253 g/mol. The van der Waals surface area contributed by atoms with Crippen molar-refractivity contribution in [3.8, 4) is 10.6 Å². The van der Waals surface area contributed by atoms with Crippen LogP contribution < -0.4 is 5.73 Å². The van der Waals surface area contributed by atoms with Gasteiger partial charge in [0.15, 0.2) is 5.13 Å². The normalized spacial score (nSPS) is 11.2. The van der Waals surface area contributed by atoms with Gasteiger partial charge in [-0.15, -0.1) is 22.7 Å². The van der Waals surface area contributed by atoms with Crippen molar-refractivity contribution < 1.29 is 0 Å². The molecule has 0 amide bonds. The molecular formula is C11H15N3S2. The highest BCUT2D eigenvalue weighted by Crippen LogP contribution is 2.32. The van der Waals surface area contributed by atoms with E-state index in [9.17, 15) is 0 Å². The summed E-state index contributed by atoms with van der Waals surface area (Å²) in [7, 11) is 0. The van der Waals surface area contributed by atoms with Crippen LogP contribution in [0, 0.1) is 12.8 Å². The molecule has 0 unspecified atom stereocenters. The molecule has 3 nitrogen and oxygen atoms in total. The minimum Gasteiger partial charge on any atom is -0.375 e. The minimum absolute atomic E-state index is 0.619. The van der Waals surface area contributed by atoms with Crippen LogP contribution >= 0.6 is 22.7 Å². The van der Waals surface area contributed by atoms with Crippen molar-refractivity contribution in [2.75, 3.05) is 5.73 Å². The Morgan fingerprint density at radius 2 is 2.12 bits per heavy atom. The van der Waals surface area contributed by atoms with E-state index in [1.165, 1.54) is 16.3 Å². The van der Waals surface area contributed by atoms with Gasteiger partial charge in [-0.2, -0.15) is 0 Å². The molecule has 2 heterocycles. The molecule has 2 rings (SSSR count). The van der Waals surface area contributed by atoms with Crippen LogP contribution in [0.1, 0.15) is 24.5 Å². The van der Waals surface area contributed by atoms with Gasteiger partial charge in [-0.1, -0.05) is 13.8 Å². The zero-order valence-electron chi connectivity index (χ0n) is 9.65. The Morgan fingerprint density at radius 1 is 1.38 bits per heavy atom. The number of hydrogen-bond acceptors (Lipinski definition) is 5. The molecule has 2 aromatic rings. The van der Waals surface area contributed by atoms with Crippen molar-refractivity contribution in [2.24, 2.45) is 5.92 Å². The summed E-state index contributed by atoms with van der Waals surface area (Å²) in [4.78, 5) is 10.0. The Hall–Kier alpha value is -0.940. The van der Waals surface area contributed by atoms with Crippen molar-refractivity contribution in [3.05, 3.63) is 16.1 Å². The number of nitrogens with two attached hydrogens (primary N) is 1. The first kappa shape index (κ1) is 11.5. The van der Waals surface area contributed by atoms with E-state index in [1.54, 1.807) is 11.3 Å². The Morgan fingerprint density at radius 3 is 2.69 bits per heavy atom. The molecule has 5 heteroatoms. The maximum atomic E-state index is 5.65. The first-order valence-corrected chi connectivity index (χ1v) is 6.93. The smallest absolute Gasteiger partial charge is 0.180 e. The first-order valence-electron chi connectivity index (χ1n) is 5.24. The summed E-state index contributed by atoms with van der Waals surface area (Å²) in [6, 6.07) is 0. The molecule has 0 atom stereocenters. The molecule has 0 aliphatic heterocycles. The summed E-state index contributed by atoms with van der Waals surface area (Å²) in [5, 5.41) is 3.80. The highest BCUT2D eigenvalue weighted by Gasteiger charge is 2.12. The van der Waals surface area contributed by atoms with Crippen molar-refractivity contribution >= 4 is 27.8 Å². The summed E-state index contributed by atoms with van der Waals surface area (Å²) in [5.74, 6) is 0.638. The van der Waals surface area contributed by atoms with E-state index >= 15 is 0 Å². The fraction of sp³-hybridized carbons (Fsp3) is 0.455. The third kappa shape index (κ3) is 2.41. The molecule has 0 fully saturated rings. The lowest BCUT2D eigenvalue weighted by Gasteiger charge is -1.97. The molecular weight excluding hydrogens is 238 g/mol. The van der Waals surface area contributed by atoms with E-state index in [0.717, 1.165) is 22.7 Å². The molecule has 2 aromatic heterocycles. The van der Waals surface area contributed by atoms with Gasteiger partial charge < -0.3 is 5.73 Å². The van der Waals surface area contributed by atoms with Gasteiger partial charge in [-0.3, -0.25) is 0 Å². The van der Waals surface area contributed by atoms with Crippen LogP contribution in [-0.2, 0) is 6.42 Å². The molecule has 2 N–H and O–H groups in total. The minimum atomic E-state index is 0.619. The van der Waals surface area contributed by atoms with Crippen LogP contribution in [0.2, 0.25) is 0 Å². The summed E-state index contributed by atoms with van der Waals surface area (Å²) in [5.41, 5.74) is 7.67. The van der Waals surface area contributed by atoms with Crippen molar-refractivity contribution in [2.45, 2.75) is 27.2 Å². The zero-order valence-corrected chi connectivity index (χ0v) is 11.3. The van der Waals surface area contributed by atoms with Gasteiger partial charge in [0.2, 0.25) is 0 Å². The fourth-order valence-corrected chi connectivity index (χ4v) is 3.38. The third-order valence-corrected chi connectivity index (χ3v) is 4.05. The van der Waals surface area contributed by atoms with Crippen molar-refractivity contribution in [1.29, 1.82) is 0 Å². The number of nitrogen functional groups attached to an aromatic ring is 1. The maximum absolute atomic E-state index is 5.65. The van der Waals surface area contributed by atoms with Crippen molar-refractivity contribution in [1.82, 2.24) is 9.97 Å². The summed E-state index contributed by atoms with van der Waals surface area (Å²) in [6.45, 7) is 6.44. The second-order valence-corrected chi connectivity index (χ2v) is 6.16. The number of aromatic nitrogens is 2. The molecule has 0 radical (unpaired) electrons. The lowest BCUT2D eigenvalue weighted by Crippen LogP contribution is -1.92. The Bertz CT molecular complexity index is 485. The van der Waals surface area contributed by atoms with Crippen LogP contribution in [-0.4, -0.2) is 9.97 Å². The van der Waals surface area contributed by atoms with Gasteiger partial charge in [0.25, 0.3) is 0 Å². The van der Waals surface area contributed by atoms with E-state index < -0.39 is 0 Å². The summed E-state index contributed by atoms with van der Waals surface area (Å²) < 4.78 is 0. The summed E-state index contributed by atoms with van der Waals surface area (Å²) >= 11 is 3.21. The highest BCUT2D eigenvalue weighted by molar-refractivity contribution is 7.16. The Kier molecular flexibility index (Phi) is 3.25. The number of rotatable bonds is 3. The Labute approximate surface area is 103 Å². The standard InChI is InChI=1S/C11H15N3S2/c1-6(2)4-9-13-7(3)10(16-9)8-5-15-11(12)14-8/h5-6H,4H2,1-3H3,(H2,12,14). The first-order chi connectivity index (χ1) is 7.56. The van der Waals surface area contributed by atoms with E-state index in [-0.39, 0.29) is 0 Å². The molecule has 0 saturated heterocycles. The van der Waals surface area contributed by atoms with Crippen LogP contribution in [0.4, 0.5) is 5.13 Å². The fourth-order valence-electron chi connectivity index (χ4n) is 1.52. The van der Waals surface area contributed by atoms with Gasteiger partial charge in [0.05, 0.1) is 21.3 Å². The predicted octanol–water partition coefficient (Wildman–Crippen LogP) is 3.36. The number of nitrogens with zero attached hydrogens (tertiary/aromatic N) is 2. The average molecular weight is 253 g/mol. The van der Waals surface area contributed by atoms with Gasteiger partial charge in [0.1, 0.15) is 0 Å². The molecule has 0 bridgehead atoms. The van der Waals surface area contributed by atoms with E-state index in [4.69, 9.17) is 5.73 Å². The largest absolute Gasteiger partial charge is 0.375 e.